The topological polar surface area (TPSA) is 23.5 Å². The van der Waals surface area contributed by atoms with Crippen molar-refractivity contribution >= 4 is 11.6 Å². The summed E-state index contributed by atoms with van der Waals surface area (Å²) in [6.07, 6.45) is 5.59. The number of benzene rings is 2. The molecule has 2 aromatic rings. The van der Waals surface area contributed by atoms with Gasteiger partial charge in [-0.2, -0.15) is 0 Å². The maximum Gasteiger partial charge on any atom is 0.129 e. The monoisotopic (exact) mass is 401 g/mol. The largest absolute Gasteiger partial charge is 0.388 e. The quantitative estimate of drug-likeness (QED) is 0.637. The standard InChI is InChI=1S/C24H29ClFNO/c1-16-6-4-7-19-18(16)12-11-17(14-23(19)28)15-27-13-3-2-10-22(27)24-20(25)8-5-9-21(24)26/h4-9,17,22-23,28H,2-3,10-15H2,1H3/t17-,22?,23-/m1/s1. The second-order valence-corrected chi connectivity index (χ2v) is 8.85. The smallest absolute Gasteiger partial charge is 0.129 e. The molecule has 1 aliphatic carbocycles. The number of nitrogens with zero attached hydrogens (tertiary/aromatic N) is 1. The molecule has 0 spiro atoms. The Balaban J connectivity index is 1.54. The lowest BCUT2D eigenvalue weighted by Gasteiger charge is -2.38. The number of aliphatic hydroxyl groups excluding tert-OH is 1. The summed E-state index contributed by atoms with van der Waals surface area (Å²) in [5.74, 6) is 0.196. The van der Waals surface area contributed by atoms with Crippen molar-refractivity contribution in [1.29, 1.82) is 0 Å². The van der Waals surface area contributed by atoms with Crippen molar-refractivity contribution in [2.24, 2.45) is 5.92 Å². The van der Waals surface area contributed by atoms with Crippen LogP contribution in [-0.2, 0) is 6.42 Å². The molecule has 0 amide bonds. The van der Waals surface area contributed by atoms with E-state index in [2.05, 4.69) is 24.0 Å². The second kappa shape index (κ2) is 8.52. The first-order chi connectivity index (χ1) is 13.5. The minimum atomic E-state index is -0.414. The molecule has 0 saturated carbocycles. The molecule has 1 unspecified atom stereocenters. The van der Waals surface area contributed by atoms with E-state index in [4.69, 9.17) is 11.6 Å². The van der Waals surface area contributed by atoms with Gasteiger partial charge in [0.2, 0.25) is 0 Å². The molecule has 0 bridgehead atoms. The molecule has 1 aliphatic heterocycles. The van der Waals surface area contributed by atoms with Crippen LogP contribution in [0.1, 0.15) is 66.5 Å². The van der Waals surface area contributed by atoms with E-state index in [-0.39, 0.29) is 11.9 Å². The van der Waals surface area contributed by atoms with Gasteiger partial charge in [-0.15, -0.1) is 0 Å². The van der Waals surface area contributed by atoms with E-state index in [1.54, 1.807) is 12.1 Å². The Hall–Kier alpha value is -1.42. The average molecular weight is 402 g/mol. The van der Waals surface area contributed by atoms with Gasteiger partial charge in [-0.25, -0.2) is 4.39 Å². The average Bonchev–Trinajstić information content (AvgIpc) is 2.83. The highest BCUT2D eigenvalue weighted by atomic mass is 35.5. The van der Waals surface area contributed by atoms with Crippen LogP contribution in [0.3, 0.4) is 0 Å². The Morgan fingerprint density at radius 2 is 1.96 bits per heavy atom. The SMILES string of the molecule is Cc1cccc2c1CC[C@@H](CN1CCCCC1c1c(F)cccc1Cl)C[C@H]2O. The first kappa shape index (κ1) is 19.9. The van der Waals surface area contributed by atoms with E-state index in [0.29, 0.717) is 16.5 Å². The number of aryl methyl sites for hydroxylation is 1. The van der Waals surface area contributed by atoms with Gasteiger partial charge >= 0.3 is 0 Å². The summed E-state index contributed by atoms with van der Waals surface area (Å²) >= 11 is 6.39. The molecule has 0 aromatic heterocycles. The minimum Gasteiger partial charge on any atom is -0.388 e. The van der Waals surface area contributed by atoms with Gasteiger partial charge in [0.25, 0.3) is 0 Å². The third-order valence-electron chi connectivity index (χ3n) is 6.60. The van der Waals surface area contributed by atoms with Crippen LogP contribution in [0, 0.1) is 18.7 Å². The van der Waals surface area contributed by atoms with Crippen molar-refractivity contribution in [1.82, 2.24) is 4.90 Å². The van der Waals surface area contributed by atoms with E-state index in [1.807, 2.05) is 6.07 Å². The predicted molar refractivity (Wildman–Crippen MR) is 112 cm³/mol. The lowest BCUT2D eigenvalue weighted by molar-refractivity contribution is 0.0903. The van der Waals surface area contributed by atoms with Crippen LogP contribution in [0.5, 0.6) is 0 Å². The van der Waals surface area contributed by atoms with Crippen LogP contribution < -0.4 is 0 Å². The third kappa shape index (κ3) is 3.98. The van der Waals surface area contributed by atoms with Gasteiger partial charge in [-0.05, 0) is 80.3 Å². The van der Waals surface area contributed by atoms with Gasteiger partial charge in [0, 0.05) is 23.2 Å². The molecule has 2 aromatic carbocycles. The Kier molecular flexibility index (Phi) is 6.05. The zero-order valence-electron chi connectivity index (χ0n) is 16.5. The lowest BCUT2D eigenvalue weighted by Crippen LogP contribution is -2.38. The first-order valence-electron chi connectivity index (χ1n) is 10.5. The molecule has 28 heavy (non-hydrogen) atoms. The maximum absolute atomic E-state index is 14.6. The summed E-state index contributed by atoms with van der Waals surface area (Å²) < 4.78 is 14.6. The van der Waals surface area contributed by atoms with E-state index < -0.39 is 6.10 Å². The number of piperidine rings is 1. The fourth-order valence-corrected chi connectivity index (χ4v) is 5.44. The number of halogens is 2. The molecule has 1 heterocycles. The number of hydrogen-bond acceptors (Lipinski definition) is 2. The molecule has 3 atom stereocenters. The van der Waals surface area contributed by atoms with Crippen LogP contribution in [0.15, 0.2) is 36.4 Å². The Morgan fingerprint density at radius 1 is 1.14 bits per heavy atom. The fourth-order valence-electron chi connectivity index (χ4n) is 5.15. The normalized spacial score (nSPS) is 25.9. The van der Waals surface area contributed by atoms with Crippen molar-refractivity contribution in [2.75, 3.05) is 13.1 Å². The zero-order valence-corrected chi connectivity index (χ0v) is 17.3. The fraction of sp³-hybridized carbons (Fsp3) is 0.500. The second-order valence-electron chi connectivity index (χ2n) is 8.44. The van der Waals surface area contributed by atoms with Crippen LogP contribution in [0.4, 0.5) is 4.39 Å². The lowest BCUT2D eigenvalue weighted by atomic mass is 9.91. The highest BCUT2D eigenvalue weighted by Crippen LogP contribution is 2.39. The van der Waals surface area contributed by atoms with Gasteiger partial charge in [-0.3, -0.25) is 4.90 Å². The maximum atomic E-state index is 14.6. The molecule has 2 nitrogen and oxygen atoms in total. The highest BCUT2D eigenvalue weighted by molar-refractivity contribution is 6.31. The minimum absolute atomic E-state index is 0.0342. The number of aliphatic hydroxyl groups is 1. The van der Waals surface area contributed by atoms with E-state index >= 15 is 0 Å². The number of fused-ring (bicyclic) bond motifs is 1. The van der Waals surface area contributed by atoms with E-state index in [9.17, 15) is 9.50 Å². The van der Waals surface area contributed by atoms with Crippen LogP contribution in [0.25, 0.3) is 0 Å². The molecule has 2 aliphatic rings. The van der Waals surface area contributed by atoms with Crippen molar-refractivity contribution < 1.29 is 9.50 Å². The first-order valence-corrected chi connectivity index (χ1v) is 10.9. The van der Waals surface area contributed by atoms with Gasteiger partial charge in [0.15, 0.2) is 0 Å². The molecule has 1 N–H and O–H groups in total. The molecule has 4 rings (SSSR count). The third-order valence-corrected chi connectivity index (χ3v) is 6.93. The molecule has 1 saturated heterocycles. The van der Waals surface area contributed by atoms with Gasteiger partial charge in [0.05, 0.1) is 6.10 Å². The van der Waals surface area contributed by atoms with Crippen molar-refractivity contribution in [3.8, 4) is 0 Å². The summed E-state index contributed by atoms with van der Waals surface area (Å²) in [7, 11) is 0. The summed E-state index contributed by atoms with van der Waals surface area (Å²) in [5.41, 5.74) is 4.32. The molecule has 4 heteroatoms. The number of likely N-dealkylation sites (tertiary alicyclic amines) is 1. The Bertz CT molecular complexity index is 819. The number of rotatable bonds is 3. The summed E-state index contributed by atoms with van der Waals surface area (Å²) in [6, 6.07) is 11.3. The molecular formula is C24H29ClFNO. The van der Waals surface area contributed by atoms with Crippen molar-refractivity contribution in [3.05, 3.63) is 69.5 Å². The highest BCUT2D eigenvalue weighted by Gasteiger charge is 2.31. The number of hydrogen-bond donors (Lipinski definition) is 1. The molecule has 0 radical (unpaired) electrons. The van der Waals surface area contributed by atoms with Crippen LogP contribution in [0.2, 0.25) is 5.02 Å². The van der Waals surface area contributed by atoms with Crippen LogP contribution >= 0.6 is 11.6 Å². The van der Waals surface area contributed by atoms with E-state index in [0.717, 1.165) is 57.2 Å². The molecule has 150 valence electrons. The van der Waals surface area contributed by atoms with Crippen molar-refractivity contribution in [3.63, 3.8) is 0 Å². The van der Waals surface area contributed by atoms with Crippen molar-refractivity contribution in [2.45, 2.75) is 57.6 Å². The molecular weight excluding hydrogens is 373 g/mol. The summed E-state index contributed by atoms with van der Waals surface area (Å²) in [6.45, 7) is 3.99. The van der Waals surface area contributed by atoms with E-state index in [1.165, 1.54) is 17.2 Å². The van der Waals surface area contributed by atoms with Gasteiger partial charge in [-0.1, -0.05) is 42.3 Å². The Morgan fingerprint density at radius 3 is 2.79 bits per heavy atom. The van der Waals surface area contributed by atoms with Gasteiger partial charge in [0.1, 0.15) is 5.82 Å². The predicted octanol–water partition coefficient (Wildman–Crippen LogP) is 6.00. The Labute approximate surface area is 172 Å². The van der Waals surface area contributed by atoms with Crippen LogP contribution in [-0.4, -0.2) is 23.1 Å². The zero-order chi connectivity index (χ0) is 19.7. The summed E-state index contributed by atoms with van der Waals surface area (Å²) in [5, 5.41) is 11.4. The van der Waals surface area contributed by atoms with Gasteiger partial charge < -0.3 is 5.11 Å². The summed E-state index contributed by atoms with van der Waals surface area (Å²) in [4.78, 5) is 2.41. The molecule has 1 fully saturated rings.